The SMILES string of the molecule is COC(=O)c1cc(NC(=O)c2cc(-c3ccccc3)nc3ccccc23)c(F)cc1F. The van der Waals surface area contributed by atoms with Crippen molar-refractivity contribution in [1.29, 1.82) is 0 Å². The minimum absolute atomic E-state index is 0.257. The van der Waals surface area contributed by atoms with E-state index in [0.29, 0.717) is 22.7 Å². The maximum Gasteiger partial charge on any atom is 0.340 e. The van der Waals surface area contributed by atoms with Crippen molar-refractivity contribution in [2.24, 2.45) is 0 Å². The molecule has 0 atom stereocenters. The minimum Gasteiger partial charge on any atom is -0.465 e. The monoisotopic (exact) mass is 418 g/mol. The highest BCUT2D eigenvalue weighted by atomic mass is 19.1. The number of benzene rings is 3. The predicted molar refractivity (Wildman–Crippen MR) is 113 cm³/mol. The highest BCUT2D eigenvalue weighted by Crippen LogP contribution is 2.27. The average Bonchev–Trinajstić information content (AvgIpc) is 2.80. The maximum absolute atomic E-state index is 14.3. The van der Waals surface area contributed by atoms with Crippen LogP contribution < -0.4 is 5.32 Å². The van der Waals surface area contributed by atoms with E-state index in [1.54, 1.807) is 30.3 Å². The largest absolute Gasteiger partial charge is 0.465 e. The van der Waals surface area contributed by atoms with E-state index in [-0.39, 0.29) is 11.3 Å². The number of hydrogen-bond acceptors (Lipinski definition) is 4. The van der Waals surface area contributed by atoms with Crippen molar-refractivity contribution in [3.05, 3.63) is 95.6 Å². The molecule has 154 valence electrons. The molecule has 5 nitrogen and oxygen atoms in total. The van der Waals surface area contributed by atoms with Crippen LogP contribution in [-0.4, -0.2) is 24.0 Å². The number of aromatic nitrogens is 1. The second-order valence-electron chi connectivity index (χ2n) is 6.70. The third-order valence-corrected chi connectivity index (χ3v) is 4.74. The summed E-state index contributed by atoms with van der Waals surface area (Å²) in [5.41, 5.74) is 1.40. The fourth-order valence-corrected chi connectivity index (χ4v) is 3.22. The number of ether oxygens (including phenoxy) is 1. The molecule has 0 fully saturated rings. The second-order valence-corrected chi connectivity index (χ2v) is 6.70. The van der Waals surface area contributed by atoms with E-state index in [4.69, 9.17) is 0 Å². The fourth-order valence-electron chi connectivity index (χ4n) is 3.22. The van der Waals surface area contributed by atoms with Crippen LogP contribution >= 0.6 is 0 Å². The quantitative estimate of drug-likeness (QED) is 0.462. The van der Waals surface area contributed by atoms with Crippen molar-refractivity contribution in [1.82, 2.24) is 4.98 Å². The molecule has 1 heterocycles. The smallest absolute Gasteiger partial charge is 0.340 e. The number of hydrogen-bond donors (Lipinski definition) is 1. The van der Waals surface area contributed by atoms with Crippen molar-refractivity contribution in [3.8, 4) is 11.3 Å². The Hall–Kier alpha value is -4.13. The van der Waals surface area contributed by atoms with E-state index < -0.39 is 29.1 Å². The van der Waals surface area contributed by atoms with Crippen molar-refractivity contribution in [2.45, 2.75) is 0 Å². The molecule has 4 aromatic rings. The number of para-hydroxylation sites is 1. The molecule has 0 unspecified atom stereocenters. The Balaban J connectivity index is 1.79. The van der Waals surface area contributed by atoms with Gasteiger partial charge >= 0.3 is 5.97 Å². The number of methoxy groups -OCH3 is 1. The zero-order valence-corrected chi connectivity index (χ0v) is 16.4. The molecular weight excluding hydrogens is 402 g/mol. The fraction of sp³-hybridized carbons (Fsp3) is 0.0417. The van der Waals surface area contributed by atoms with E-state index in [1.165, 1.54) is 0 Å². The maximum atomic E-state index is 14.3. The summed E-state index contributed by atoms with van der Waals surface area (Å²) in [5, 5.41) is 2.99. The molecule has 0 aliphatic heterocycles. The van der Waals surface area contributed by atoms with Crippen LogP contribution in [0.15, 0.2) is 72.8 Å². The van der Waals surface area contributed by atoms with Gasteiger partial charge in [0, 0.05) is 17.0 Å². The van der Waals surface area contributed by atoms with E-state index in [1.807, 2.05) is 30.3 Å². The lowest BCUT2D eigenvalue weighted by Crippen LogP contribution is -2.15. The molecular formula is C24H16F2N2O3. The Bertz CT molecular complexity index is 1310. The topological polar surface area (TPSA) is 68.3 Å². The van der Waals surface area contributed by atoms with Gasteiger partial charge in [0.05, 0.1) is 35.1 Å². The molecule has 0 saturated carbocycles. The highest BCUT2D eigenvalue weighted by molar-refractivity contribution is 6.13. The molecule has 0 saturated heterocycles. The van der Waals surface area contributed by atoms with Crippen molar-refractivity contribution >= 4 is 28.5 Å². The summed E-state index contributed by atoms with van der Waals surface area (Å²) in [6.07, 6.45) is 0. The highest BCUT2D eigenvalue weighted by Gasteiger charge is 2.20. The van der Waals surface area contributed by atoms with Gasteiger partial charge in [0.1, 0.15) is 11.6 Å². The van der Waals surface area contributed by atoms with E-state index >= 15 is 0 Å². The Morgan fingerprint density at radius 3 is 2.32 bits per heavy atom. The molecule has 1 amide bonds. The van der Waals surface area contributed by atoms with Crippen LogP contribution in [0.2, 0.25) is 0 Å². The van der Waals surface area contributed by atoms with E-state index in [9.17, 15) is 18.4 Å². The minimum atomic E-state index is -1.08. The van der Waals surface area contributed by atoms with Crippen LogP contribution in [0.4, 0.5) is 14.5 Å². The van der Waals surface area contributed by atoms with Gasteiger partial charge in [0.25, 0.3) is 5.91 Å². The van der Waals surface area contributed by atoms with Crippen molar-refractivity contribution in [2.75, 3.05) is 12.4 Å². The number of amides is 1. The van der Waals surface area contributed by atoms with Crippen molar-refractivity contribution < 1.29 is 23.1 Å². The summed E-state index contributed by atoms with van der Waals surface area (Å²) >= 11 is 0. The number of anilines is 1. The molecule has 0 aliphatic rings. The normalized spacial score (nSPS) is 10.7. The zero-order valence-electron chi connectivity index (χ0n) is 16.4. The van der Waals surface area contributed by atoms with Gasteiger partial charge in [-0.1, -0.05) is 48.5 Å². The van der Waals surface area contributed by atoms with Crippen LogP contribution in [0.5, 0.6) is 0 Å². The van der Waals surface area contributed by atoms with Gasteiger partial charge in [-0.05, 0) is 18.2 Å². The number of halogens is 2. The van der Waals surface area contributed by atoms with E-state index in [0.717, 1.165) is 18.7 Å². The molecule has 4 rings (SSSR count). The third kappa shape index (κ3) is 3.98. The first-order valence-electron chi connectivity index (χ1n) is 9.32. The average molecular weight is 418 g/mol. The van der Waals surface area contributed by atoms with Crippen LogP contribution in [0, 0.1) is 11.6 Å². The van der Waals surface area contributed by atoms with Crippen LogP contribution in [0.1, 0.15) is 20.7 Å². The molecule has 3 aromatic carbocycles. The molecule has 0 aliphatic carbocycles. The van der Waals surface area contributed by atoms with Gasteiger partial charge in [0.2, 0.25) is 0 Å². The number of fused-ring (bicyclic) bond motifs is 1. The molecule has 0 radical (unpaired) electrons. The number of esters is 1. The molecule has 0 spiro atoms. The number of carbonyl (C=O) groups is 2. The van der Waals surface area contributed by atoms with Gasteiger partial charge in [-0.3, -0.25) is 4.79 Å². The summed E-state index contributed by atoms with van der Waals surface area (Å²) in [6.45, 7) is 0. The first-order chi connectivity index (χ1) is 15.0. The Morgan fingerprint density at radius 2 is 1.58 bits per heavy atom. The Morgan fingerprint density at radius 1 is 0.871 bits per heavy atom. The van der Waals surface area contributed by atoms with Gasteiger partial charge < -0.3 is 10.1 Å². The molecule has 1 N–H and O–H groups in total. The van der Waals surface area contributed by atoms with Crippen LogP contribution in [0.25, 0.3) is 22.2 Å². The molecule has 7 heteroatoms. The number of nitrogens with one attached hydrogen (secondary N) is 1. The van der Waals surface area contributed by atoms with Gasteiger partial charge in [-0.25, -0.2) is 18.6 Å². The number of carbonyl (C=O) groups excluding carboxylic acids is 2. The predicted octanol–water partition coefficient (Wildman–Crippen LogP) is 5.22. The number of rotatable bonds is 4. The second kappa shape index (κ2) is 8.31. The molecule has 0 bridgehead atoms. The lowest BCUT2D eigenvalue weighted by atomic mass is 10.0. The number of pyridine rings is 1. The van der Waals surface area contributed by atoms with Gasteiger partial charge in [0.15, 0.2) is 0 Å². The molecule has 31 heavy (non-hydrogen) atoms. The van der Waals surface area contributed by atoms with Crippen LogP contribution in [0.3, 0.4) is 0 Å². The summed E-state index contributed by atoms with van der Waals surface area (Å²) in [7, 11) is 1.08. The van der Waals surface area contributed by atoms with Crippen LogP contribution in [-0.2, 0) is 4.74 Å². The standard InChI is InChI=1S/C24H16F2N2O3/c1-31-24(30)17-12-22(19(26)13-18(17)25)28-23(29)16-11-21(14-7-3-2-4-8-14)27-20-10-6-5-9-15(16)20/h2-13H,1H3,(H,28,29). The summed E-state index contributed by atoms with van der Waals surface area (Å²) in [6, 6.07) is 19.4. The first kappa shape index (κ1) is 20.2. The Labute approximate surface area is 176 Å². The molecule has 1 aromatic heterocycles. The summed E-state index contributed by atoms with van der Waals surface area (Å²) < 4.78 is 32.7. The summed E-state index contributed by atoms with van der Waals surface area (Å²) in [5.74, 6) is -3.70. The van der Waals surface area contributed by atoms with Crippen molar-refractivity contribution in [3.63, 3.8) is 0 Å². The third-order valence-electron chi connectivity index (χ3n) is 4.74. The lowest BCUT2D eigenvalue weighted by molar-refractivity contribution is 0.0595. The Kier molecular flexibility index (Phi) is 5.41. The van der Waals surface area contributed by atoms with Gasteiger partial charge in [-0.2, -0.15) is 0 Å². The zero-order chi connectivity index (χ0) is 22.0. The van der Waals surface area contributed by atoms with Gasteiger partial charge in [-0.15, -0.1) is 0 Å². The number of nitrogens with zero attached hydrogens (tertiary/aromatic N) is 1. The first-order valence-corrected chi connectivity index (χ1v) is 9.32. The lowest BCUT2D eigenvalue weighted by Gasteiger charge is -2.12. The summed E-state index contributed by atoms with van der Waals surface area (Å²) in [4.78, 5) is 29.4. The van der Waals surface area contributed by atoms with E-state index in [2.05, 4.69) is 15.0 Å².